The summed E-state index contributed by atoms with van der Waals surface area (Å²) in [6.45, 7) is 2.85. The summed E-state index contributed by atoms with van der Waals surface area (Å²) in [5.74, 6) is 1.06. The molecule has 0 aromatic heterocycles. The van der Waals surface area contributed by atoms with Gasteiger partial charge in [-0.15, -0.1) is 0 Å². The summed E-state index contributed by atoms with van der Waals surface area (Å²) in [6.07, 6.45) is 2.08. The summed E-state index contributed by atoms with van der Waals surface area (Å²) in [7, 11) is 1.67. The maximum absolute atomic E-state index is 12.6. The summed E-state index contributed by atoms with van der Waals surface area (Å²) in [5, 5.41) is 0. The van der Waals surface area contributed by atoms with Crippen LogP contribution in [0, 0.1) is 5.92 Å². The minimum Gasteiger partial charge on any atom is -0.497 e. The average Bonchev–Trinajstić information content (AvgIpc) is 3.51. The zero-order valence-corrected chi connectivity index (χ0v) is 17.3. The smallest absolute Gasteiger partial charge is 0.357 e. The number of carbonyl (C=O) groups is 1. The molecule has 2 unspecified atom stereocenters. The first kappa shape index (κ1) is 19.2. The van der Waals surface area contributed by atoms with E-state index in [2.05, 4.69) is 40.7 Å². The summed E-state index contributed by atoms with van der Waals surface area (Å²) in [6, 6.07) is 16.8. The highest BCUT2D eigenvalue weighted by molar-refractivity contribution is 5.99. The van der Waals surface area contributed by atoms with Crippen LogP contribution in [0.2, 0.25) is 0 Å². The summed E-state index contributed by atoms with van der Waals surface area (Å²) in [4.78, 5) is 21.0. The van der Waals surface area contributed by atoms with Crippen LogP contribution in [0.5, 0.6) is 5.75 Å². The van der Waals surface area contributed by atoms with Crippen LogP contribution < -0.4 is 10.2 Å². The van der Waals surface area contributed by atoms with Crippen LogP contribution in [0.25, 0.3) is 5.57 Å². The zero-order chi connectivity index (χ0) is 20.7. The molecular formula is C24H26N2O4. The molecule has 2 heterocycles. The van der Waals surface area contributed by atoms with E-state index in [1.54, 1.807) is 7.11 Å². The maximum atomic E-state index is 12.6. The van der Waals surface area contributed by atoms with E-state index >= 15 is 0 Å². The molecule has 1 aliphatic carbocycles. The van der Waals surface area contributed by atoms with Gasteiger partial charge in [-0.25, -0.2) is 4.79 Å². The topological polar surface area (TPSA) is 60.0 Å². The molecule has 6 heteroatoms. The molecule has 2 aliphatic heterocycles. The molecule has 0 bridgehead atoms. The number of hydrogen-bond acceptors (Lipinski definition) is 6. The van der Waals surface area contributed by atoms with Crippen molar-refractivity contribution in [3.63, 3.8) is 0 Å². The standard InChI is InChI=1S/C24H26N2O4/c1-3-29-24(27)21-20-18-6-4-5-7-19(18)22(16-10-11-16)26(23(20)30-25-21)14-15-8-12-17(28-2)13-9-15/h4-9,12-13,16,22-23,25H,3,10-11,14H2,1-2H3. The molecule has 0 amide bonds. The highest BCUT2D eigenvalue weighted by Gasteiger charge is 2.49. The first-order chi connectivity index (χ1) is 14.7. The molecule has 0 spiro atoms. The number of carbonyl (C=O) groups excluding carboxylic acids is 1. The van der Waals surface area contributed by atoms with E-state index in [-0.39, 0.29) is 18.2 Å². The number of esters is 1. The van der Waals surface area contributed by atoms with Crippen LogP contribution in [-0.2, 0) is 20.9 Å². The Labute approximate surface area is 176 Å². The largest absolute Gasteiger partial charge is 0.497 e. The van der Waals surface area contributed by atoms with Gasteiger partial charge in [0.25, 0.3) is 0 Å². The summed E-state index contributed by atoms with van der Waals surface area (Å²) in [5.41, 5.74) is 7.67. The lowest BCUT2D eigenvalue weighted by atomic mass is 9.84. The van der Waals surface area contributed by atoms with Crippen molar-refractivity contribution in [2.24, 2.45) is 5.92 Å². The number of ether oxygens (including phenoxy) is 2. The van der Waals surface area contributed by atoms with Gasteiger partial charge in [0.05, 0.1) is 13.7 Å². The quantitative estimate of drug-likeness (QED) is 0.737. The number of nitrogens with one attached hydrogen (secondary N) is 1. The van der Waals surface area contributed by atoms with Gasteiger partial charge in [0.15, 0.2) is 11.9 Å². The van der Waals surface area contributed by atoms with Gasteiger partial charge in [-0.1, -0.05) is 36.4 Å². The predicted molar refractivity (Wildman–Crippen MR) is 112 cm³/mol. The second-order valence-electron chi connectivity index (χ2n) is 7.97. The van der Waals surface area contributed by atoms with Crippen molar-refractivity contribution in [1.82, 2.24) is 10.4 Å². The molecule has 156 valence electrons. The fraction of sp³-hybridized carbons (Fsp3) is 0.375. The number of hydrogen-bond donors (Lipinski definition) is 1. The number of methoxy groups -OCH3 is 1. The Morgan fingerprint density at radius 1 is 1.17 bits per heavy atom. The number of hydroxylamine groups is 1. The Kier molecular flexibility index (Phi) is 4.97. The molecule has 1 fully saturated rings. The normalized spacial score (nSPS) is 22.9. The molecule has 0 saturated heterocycles. The second-order valence-corrected chi connectivity index (χ2v) is 7.97. The van der Waals surface area contributed by atoms with E-state index in [4.69, 9.17) is 14.3 Å². The predicted octanol–water partition coefficient (Wildman–Crippen LogP) is 3.80. The van der Waals surface area contributed by atoms with Crippen LogP contribution in [0.4, 0.5) is 0 Å². The summed E-state index contributed by atoms with van der Waals surface area (Å²) >= 11 is 0. The fourth-order valence-corrected chi connectivity index (χ4v) is 4.59. The minimum absolute atomic E-state index is 0.250. The van der Waals surface area contributed by atoms with E-state index in [0.717, 1.165) is 16.9 Å². The number of nitrogens with zero attached hydrogens (tertiary/aromatic N) is 1. The molecule has 2 aromatic carbocycles. The van der Waals surface area contributed by atoms with E-state index in [0.29, 0.717) is 24.8 Å². The third-order valence-corrected chi connectivity index (χ3v) is 6.09. The molecule has 2 aromatic rings. The monoisotopic (exact) mass is 406 g/mol. The van der Waals surface area contributed by atoms with E-state index < -0.39 is 0 Å². The van der Waals surface area contributed by atoms with Crippen molar-refractivity contribution in [3.05, 3.63) is 70.9 Å². The lowest BCUT2D eigenvalue weighted by Gasteiger charge is -2.41. The van der Waals surface area contributed by atoms with Crippen molar-refractivity contribution < 1.29 is 19.1 Å². The molecule has 2 atom stereocenters. The van der Waals surface area contributed by atoms with Crippen molar-refractivity contribution in [3.8, 4) is 5.75 Å². The SMILES string of the molecule is CCOC(=O)C1=C2c3ccccc3C(C3CC3)N(Cc3ccc(OC)cc3)C2ON1. The lowest BCUT2D eigenvalue weighted by molar-refractivity contribution is -0.141. The van der Waals surface area contributed by atoms with E-state index in [1.807, 2.05) is 25.1 Å². The van der Waals surface area contributed by atoms with Gasteiger partial charge in [-0.05, 0) is 54.5 Å². The molecule has 1 N–H and O–H groups in total. The zero-order valence-electron chi connectivity index (χ0n) is 17.3. The number of rotatable bonds is 6. The summed E-state index contributed by atoms with van der Waals surface area (Å²) < 4.78 is 10.6. The highest BCUT2D eigenvalue weighted by atomic mass is 16.7. The Hall–Kier alpha value is -2.83. The first-order valence-corrected chi connectivity index (χ1v) is 10.5. The Balaban J connectivity index is 1.58. The maximum Gasteiger partial charge on any atom is 0.357 e. The van der Waals surface area contributed by atoms with E-state index in [9.17, 15) is 4.79 Å². The van der Waals surface area contributed by atoms with Crippen molar-refractivity contribution in [2.75, 3.05) is 13.7 Å². The Morgan fingerprint density at radius 3 is 2.63 bits per heavy atom. The van der Waals surface area contributed by atoms with Gasteiger partial charge in [-0.2, -0.15) is 0 Å². The third kappa shape index (κ3) is 3.26. The third-order valence-electron chi connectivity index (χ3n) is 6.09. The van der Waals surface area contributed by atoms with Gasteiger partial charge in [0, 0.05) is 18.2 Å². The Bertz CT molecular complexity index is 981. The van der Waals surface area contributed by atoms with Crippen molar-refractivity contribution in [2.45, 2.75) is 38.6 Å². The molecule has 0 radical (unpaired) electrons. The number of fused-ring (bicyclic) bond motifs is 3. The van der Waals surface area contributed by atoms with E-state index in [1.165, 1.54) is 24.0 Å². The van der Waals surface area contributed by atoms with Crippen LogP contribution in [0.3, 0.4) is 0 Å². The first-order valence-electron chi connectivity index (χ1n) is 10.5. The molecule has 1 saturated carbocycles. The average molecular weight is 406 g/mol. The second kappa shape index (κ2) is 7.78. The number of benzene rings is 2. The van der Waals surface area contributed by atoms with Crippen LogP contribution >= 0.6 is 0 Å². The highest BCUT2D eigenvalue weighted by Crippen LogP contribution is 2.53. The fourth-order valence-electron chi connectivity index (χ4n) is 4.59. The van der Waals surface area contributed by atoms with Gasteiger partial charge in [0.2, 0.25) is 0 Å². The van der Waals surface area contributed by atoms with Crippen LogP contribution in [0.1, 0.15) is 42.5 Å². The Morgan fingerprint density at radius 2 is 1.93 bits per heavy atom. The molecule has 5 rings (SSSR count). The molecule has 3 aliphatic rings. The van der Waals surface area contributed by atoms with Gasteiger partial charge >= 0.3 is 5.97 Å². The molecule has 6 nitrogen and oxygen atoms in total. The van der Waals surface area contributed by atoms with Gasteiger partial charge < -0.3 is 9.47 Å². The van der Waals surface area contributed by atoms with Crippen LogP contribution in [-0.4, -0.2) is 30.8 Å². The molecular weight excluding hydrogens is 380 g/mol. The van der Waals surface area contributed by atoms with Crippen molar-refractivity contribution >= 4 is 11.5 Å². The van der Waals surface area contributed by atoms with Crippen LogP contribution in [0.15, 0.2) is 54.2 Å². The lowest BCUT2D eigenvalue weighted by Crippen LogP contribution is -2.43. The van der Waals surface area contributed by atoms with Gasteiger partial charge in [0.1, 0.15) is 5.75 Å². The molecule has 30 heavy (non-hydrogen) atoms. The van der Waals surface area contributed by atoms with Crippen molar-refractivity contribution in [1.29, 1.82) is 0 Å². The van der Waals surface area contributed by atoms with Gasteiger partial charge in [-0.3, -0.25) is 15.2 Å². The minimum atomic E-state index is -0.376.